The van der Waals surface area contributed by atoms with Gasteiger partial charge in [-0.25, -0.2) is 4.79 Å². The van der Waals surface area contributed by atoms with Crippen LogP contribution in [0.3, 0.4) is 0 Å². The van der Waals surface area contributed by atoms with Crippen molar-refractivity contribution in [3.05, 3.63) is 57.2 Å². The fourth-order valence-corrected chi connectivity index (χ4v) is 2.65. The second-order valence-corrected chi connectivity index (χ2v) is 6.27. The lowest BCUT2D eigenvalue weighted by atomic mass is 10.2. The molecule has 0 heterocycles. The molecule has 0 saturated heterocycles. The van der Waals surface area contributed by atoms with E-state index in [4.69, 9.17) is 14.2 Å². The second kappa shape index (κ2) is 8.89. The maximum absolute atomic E-state index is 11.4. The molecular formula is C18H19IO5. The highest BCUT2D eigenvalue weighted by Gasteiger charge is 2.17. The third kappa shape index (κ3) is 4.85. The molecule has 1 N–H and O–H groups in total. The summed E-state index contributed by atoms with van der Waals surface area (Å²) in [4.78, 5) is 11.4. The van der Waals surface area contributed by atoms with Gasteiger partial charge in [-0.05, 0) is 46.9 Å². The Morgan fingerprint density at radius 2 is 1.96 bits per heavy atom. The number of ether oxygens (including phenoxy) is 3. The molecule has 5 nitrogen and oxygen atoms in total. The largest absolute Gasteiger partial charge is 0.496 e. The van der Waals surface area contributed by atoms with Crippen LogP contribution in [0.25, 0.3) is 0 Å². The number of carbonyl (C=O) groups is 1. The van der Waals surface area contributed by atoms with E-state index in [1.54, 1.807) is 25.3 Å². The minimum atomic E-state index is -1.02. The maximum atomic E-state index is 11.4. The van der Waals surface area contributed by atoms with Crippen molar-refractivity contribution in [3.63, 3.8) is 0 Å². The van der Waals surface area contributed by atoms with E-state index < -0.39 is 12.3 Å². The Labute approximate surface area is 154 Å². The summed E-state index contributed by atoms with van der Waals surface area (Å²) < 4.78 is 17.7. The van der Waals surface area contributed by atoms with Crippen molar-refractivity contribution in [1.82, 2.24) is 0 Å². The van der Waals surface area contributed by atoms with Gasteiger partial charge in [0.2, 0.25) is 0 Å². The van der Waals surface area contributed by atoms with Crippen molar-refractivity contribution in [2.24, 2.45) is 0 Å². The first-order valence-corrected chi connectivity index (χ1v) is 8.56. The molecule has 6 heteroatoms. The van der Waals surface area contributed by atoms with Gasteiger partial charge in [-0.1, -0.05) is 25.1 Å². The molecule has 0 amide bonds. The molecule has 0 spiro atoms. The van der Waals surface area contributed by atoms with Crippen molar-refractivity contribution < 1.29 is 24.1 Å². The third-order valence-electron chi connectivity index (χ3n) is 3.38. The summed E-state index contributed by atoms with van der Waals surface area (Å²) in [6.45, 7) is 2.23. The molecule has 2 aromatic carbocycles. The molecule has 24 heavy (non-hydrogen) atoms. The molecule has 0 bridgehead atoms. The van der Waals surface area contributed by atoms with Crippen LogP contribution in [0.4, 0.5) is 0 Å². The number of carboxylic acid groups (broad SMARTS) is 1. The van der Waals surface area contributed by atoms with Crippen LogP contribution in [0.15, 0.2) is 42.5 Å². The quantitative estimate of drug-likeness (QED) is 0.487. The summed E-state index contributed by atoms with van der Waals surface area (Å²) in [6.07, 6.45) is 0.0354. The molecule has 1 unspecified atom stereocenters. The van der Waals surface area contributed by atoms with Gasteiger partial charge in [-0.2, -0.15) is 0 Å². The van der Waals surface area contributed by atoms with Gasteiger partial charge in [0, 0.05) is 15.6 Å². The van der Waals surface area contributed by atoms with Gasteiger partial charge in [0.25, 0.3) is 0 Å². The lowest BCUT2D eigenvalue weighted by molar-refractivity contribution is -0.0912. The Balaban J connectivity index is 2.09. The van der Waals surface area contributed by atoms with Crippen LogP contribution in [0.1, 0.15) is 29.3 Å². The first kappa shape index (κ1) is 18.5. The van der Waals surface area contributed by atoms with E-state index in [0.717, 1.165) is 14.9 Å². The average molecular weight is 442 g/mol. The van der Waals surface area contributed by atoms with Gasteiger partial charge >= 0.3 is 5.97 Å². The van der Waals surface area contributed by atoms with Crippen LogP contribution in [0.5, 0.6) is 11.5 Å². The van der Waals surface area contributed by atoms with Crippen LogP contribution in [0.2, 0.25) is 0 Å². The van der Waals surface area contributed by atoms with Crippen molar-refractivity contribution >= 4 is 28.6 Å². The Morgan fingerprint density at radius 3 is 2.62 bits per heavy atom. The van der Waals surface area contributed by atoms with Gasteiger partial charge in [-0.15, -0.1) is 0 Å². The zero-order valence-corrected chi connectivity index (χ0v) is 15.6. The van der Waals surface area contributed by atoms with E-state index >= 15 is 0 Å². The van der Waals surface area contributed by atoms with Crippen LogP contribution in [0, 0.1) is 3.57 Å². The predicted octanol–water partition coefficient (Wildman–Crippen LogP) is 4.33. The summed E-state index contributed by atoms with van der Waals surface area (Å²) >= 11 is 2.07. The van der Waals surface area contributed by atoms with Crippen LogP contribution >= 0.6 is 22.6 Å². The monoisotopic (exact) mass is 442 g/mol. The zero-order chi connectivity index (χ0) is 17.5. The second-order valence-electron chi connectivity index (χ2n) is 5.02. The van der Waals surface area contributed by atoms with E-state index in [1.165, 1.54) is 0 Å². The summed E-state index contributed by atoms with van der Waals surface area (Å²) in [7, 11) is 1.61. The summed E-state index contributed by atoms with van der Waals surface area (Å²) in [6, 6.07) is 12.6. The molecule has 0 aliphatic rings. The molecule has 0 radical (unpaired) electrons. The number of para-hydroxylation sites is 1. The van der Waals surface area contributed by atoms with E-state index in [9.17, 15) is 9.90 Å². The van der Waals surface area contributed by atoms with Crippen molar-refractivity contribution in [1.29, 1.82) is 0 Å². The number of methoxy groups -OCH3 is 1. The number of hydrogen-bond acceptors (Lipinski definition) is 4. The number of halogens is 1. The molecule has 2 rings (SSSR count). The fourth-order valence-electron chi connectivity index (χ4n) is 2.15. The Morgan fingerprint density at radius 1 is 1.21 bits per heavy atom. The minimum absolute atomic E-state index is 0.126. The third-order valence-corrected chi connectivity index (χ3v) is 4.05. The van der Waals surface area contributed by atoms with E-state index in [-0.39, 0.29) is 5.56 Å². The van der Waals surface area contributed by atoms with Gasteiger partial charge in [0.1, 0.15) is 17.1 Å². The molecule has 2 aromatic rings. The molecule has 1 atom stereocenters. The highest BCUT2D eigenvalue weighted by Crippen LogP contribution is 2.24. The lowest BCUT2D eigenvalue weighted by Gasteiger charge is -2.20. The lowest BCUT2D eigenvalue weighted by Crippen LogP contribution is -2.21. The van der Waals surface area contributed by atoms with Crippen LogP contribution in [-0.4, -0.2) is 24.5 Å². The Bertz CT molecular complexity index is 702. The highest BCUT2D eigenvalue weighted by atomic mass is 127. The number of hydrogen-bond donors (Lipinski definition) is 1. The molecule has 0 aromatic heterocycles. The fraction of sp³-hybridized carbons (Fsp3) is 0.278. The summed E-state index contributed by atoms with van der Waals surface area (Å²) in [5.74, 6) is 0.0192. The molecule has 0 fully saturated rings. The highest BCUT2D eigenvalue weighted by molar-refractivity contribution is 14.1. The van der Waals surface area contributed by atoms with E-state index in [1.807, 2.05) is 31.2 Å². The topological polar surface area (TPSA) is 65.0 Å². The van der Waals surface area contributed by atoms with Crippen molar-refractivity contribution in [2.45, 2.75) is 26.2 Å². The van der Waals surface area contributed by atoms with Crippen LogP contribution in [-0.2, 0) is 11.3 Å². The van der Waals surface area contributed by atoms with Gasteiger partial charge in [0.15, 0.2) is 6.29 Å². The summed E-state index contributed by atoms with van der Waals surface area (Å²) in [5.41, 5.74) is 1.03. The predicted molar refractivity (Wildman–Crippen MR) is 98.6 cm³/mol. The molecule has 128 valence electrons. The Kier molecular flexibility index (Phi) is 6.86. The number of benzene rings is 2. The Hall–Kier alpha value is -1.80. The number of carboxylic acids is 1. The number of rotatable bonds is 8. The first-order chi connectivity index (χ1) is 11.5. The molecule has 0 aliphatic heterocycles. The summed E-state index contributed by atoms with van der Waals surface area (Å²) in [5, 5.41) is 9.31. The molecule has 0 saturated carbocycles. The SMILES string of the molecule is CCC(OCc1ccccc1OC)Oc1ccc(I)cc1C(=O)O. The number of aromatic carboxylic acids is 1. The standard InChI is InChI=1S/C18H19IO5/c1-3-17(23-11-12-6-4-5-7-15(12)22-2)24-16-9-8-13(19)10-14(16)18(20)21/h4-10,17H,3,11H2,1-2H3,(H,20,21). The molecular weight excluding hydrogens is 423 g/mol. The average Bonchev–Trinajstić information content (AvgIpc) is 2.59. The van der Waals surface area contributed by atoms with Gasteiger partial charge in [-0.3, -0.25) is 0 Å². The van der Waals surface area contributed by atoms with Crippen molar-refractivity contribution in [3.8, 4) is 11.5 Å². The van der Waals surface area contributed by atoms with Crippen molar-refractivity contribution in [2.75, 3.05) is 7.11 Å². The normalized spacial score (nSPS) is 11.8. The smallest absolute Gasteiger partial charge is 0.339 e. The minimum Gasteiger partial charge on any atom is -0.496 e. The van der Waals surface area contributed by atoms with E-state index in [0.29, 0.717) is 18.8 Å². The van der Waals surface area contributed by atoms with Gasteiger partial charge < -0.3 is 19.3 Å². The maximum Gasteiger partial charge on any atom is 0.339 e. The van der Waals surface area contributed by atoms with E-state index in [2.05, 4.69) is 22.6 Å². The van der Waals surface area contributed by atoms with Crippen LogP contribution < -0.4 is 9.47 Å². The van der Waals surface area contributed by atoms with Gasteiger partial charge in [0.05, 0.1) is 13.7 Å². The first-order valence-electron chi connectivity index (χ1n) is 7.48. The molecule has 0 aliphatic carbocycles. The zero-order valence-electron chi connectivity index (χ0n) is 13.5.